The van der Waals surface area contributed by atoms with Gasteiger partial charge < -0.3 is 24.6 Å². The van der Waals surface area contributed by atoms with Gasteiger partial charge in [-0.05, 0) is 79.6 Å². The first-order valence-corrected chi connectivity index (χ1v) is 13.7. The fraction of sp³-hybridized carbons (Fsp3) is 0.567. The number of hydrogen-bond acceptors (Lipinski definition) is 5. The Morgan fingerprint density at radius 2 is 1.81 bits per heavy atom. The van der Waals surface area contributed by atoms with Crippen LogP contribution in [0, 0.1) is 11.7 Å². The van der Waals surface area contributed by atoms with Crippen molar-refractivity contribution in [1.29, 1.82) is 0 Å². The van der Waals surface area contributed by atoms with Crippen LogP contribution < -0.4 is 19.7 Å². The maximum Gasteiger partial charge on any atom is 0.225 e. The summed E-state index contributed by atoms with van der Waals surface area (Å²) < 4.78 is 25.8. The summed E-state index contributed by atoms with van der Waals surface area (Å²) in [6.07, 6.45) is 3.76. The molecule has 0 saturated carbocycles. The Kier molecular flexibility index (Phi) is 7.61. The molecule has 0 radical (unpaired) electrons. The van der Waals surface area contributed by atoms with Gasteiger partial charge in [-0.15, -0.1) is 0 Å². The fourth-order valence-electron chi connectivity index (χ4n) is 5.70. The summed E-state index contributed by atoms with van der Waals surface area (Å²) in [5, 5.41) is 3.33. The smallest absolute Gasteiger partial charge is 0.225 e. The minimum atomic E-state index is -0.401. The second-order valence-corrected chi connectivity index (χ2v) is 11.7. The quantitative estimate of drug-likeness (QED) is 0.594. The first kappa shape index (κ1) is 25.8. The Hall–Kier alpha value is -2.80. The van der Waals surface area contributed by atoms with Crippen molar-refractivity contribution in [3.63, 3.8) is 0 Å². The highest BCUT2D eigenvalue weighted by Crippen LogP contribution is 2.34. The number of nitrogens with one attached hydrogen (secondary N) is 1. The van der Waals surface area contributed by atoms with E-state index in [-0.39, 0.29) is 29.0 Å². The number of carbonyl (C=O) groups is 1. The molecule has 2 fully saturated rings. The molecule has 3 aliphatic rings. The molecular formula is C30H40FN3O3. The van der Waals surface area contributed by atoms with Gasteiger partial charge in [0, 0.05) is 31.4 Å². The monoisotopic (exact) mass is 509 g/mol. The third kappa shape index (κ3) is 6.20. The van der Waals surface area contributed by atoms with E-state index in [9.17, 15) is 9.18 Å². The summed E-state index contributed by atoms with van der Waals surface area (Å²) in [5.41, 5.74) is 3.42. The molecule has 2 aromatic rings. The molecule has 2 saturated heterocycles. The van der Waals surface area contributed by atoms with Crippen molar-refractivity contribution in [1.82, 2.24) is 10.2 Å². The van der Waals surface area contributed by atoms with Crippen molar-refractivity contribution in [2.75, 3.05) is 50.8 Å². The third-order valence-electron chi connectivity index (χ3n) is 7.82. The first-order valence-electron chi connectivity index (χ1n) is 13.7. The van der Waals surface area contributed by atoms with E-state index in [2.05, 4.69) is 60.2 Å². The number of anilines is 1. The van der Waals surface area contributed by atoms with Crippen molar-refractivity contribution >= 4 is 11.6 Å². The summed E-state index contributed by atoms with van der Waals surface area (Å²) in [4.78, 5) is 18.1. The molecule has 0 spiro atoms. The lowest BCUT2D eigenvalue weighted by Gasteiger charge is -2.27. The highest BCUT2D eigenvalue weighted by atomic mass is 19.1. The van der Waals surface area contributed by atoms with Crippen molar-refractivity contribution < 1.29 is 18.7 Å². The second kappa shape index (κ2) is 10.9. The van der Waals surface area contributed by atoms with E-state index in [1.165, 1.54) is 30.2 Å². The number of ether oxygens (including phenoxy) is 2. The van der Waals surface area contributed by atoms with Crippen LogP contribution in [0.5, 0.6) is 11.5 Å². The topological polar surface area (TPSA) is 54.0 Å². The highest BCUT2D eigenvalue weighted by molar-refractivity contribution is 5.80. The lowest BCUT2D eigenvalue weighted by molar-refractivity contribution is -0.125. The molecule has 2 aromatic carbocycles. The molecular weight excluding hydrogens is 469 g/mol. The second-order valence-electron chi connectivity index (χ2n) is 11.7. The zero-order valence-electron chi connectivity index (χ0n) is 22.4. The number of rotatable bonds is 7. The van der Waals surface area contributed by atoms with Crippen LogP contribution in [0.25, 0.3) is 0 Å². The molecule has 5 rings (SSSR count). The Morgan fingerprint density at radius 1 is 1.08 bits per heavy atom. The van der Waals surface area contributed by atoms with Crippen LogP contribution in [0.4, 0.5) is 10.1 Å². The lowest BCUT2D eigenvalue weighted by Crippen LogP contribution is -2.47. The molecule has 1 N–H and O–H groups in total. The average molecular weight is 510 g/mol. The Balaban J connectivity index is 1.24. The zero-order valence-corrected chi connectivity index (χ0v) is 22.4. The third-order valence-corrected chi connectivity index (χ3v) is 7.82. The summed E-state index contributed by atoms with van der Waals surface area (Å²) in [7, 11) is 0. The van der Waals surface area contributed by atoms with Crippen LogP contribution in [-0.2, 0) is 16.6 Å². The molecule has 37 heavy (non-hydrogen) atoms. The molecule has 0 aromatic heterocycles. The number of fused-ring (bicyclic) bond motifs is 1. The summed E-state index contributed by atoms with van der Waals surface area (Å²) >= 11 is 0. The molecule has 6 nitrogen and oxygen atoms in total. The van der Waals surface area contributed by atoms with Crippen LogP contribution in [0.15, 0.2) is 36.4 Å². The summed E-state index contributed by atoms with van der Waals surface area (Å²) in [5.74, 6) is 0.284. The van der Waals surface area contributed by atoms with E-state index in [4.69, 9.17) is 9.47 Å². The van der Waals surface area contributed by atoms with Gasteiger partial charge in [-0.3, -0.25) is 4.79 Å². The maximum atomic E-state index is 14.7. The normalized spacial score (nSPS) is 20.8. The van der Waals surface area contributed by atoms with E-state index in [0.29, 0.717) is 25.4 Å². The van der Waals surface area contributed by atoms with Gasteiger partial charge in [0.05, 0.1) is 5.92 Å². The molecule has 7 heteroatoms. The summed E-state index contributed by atoms with van der Waals surface area (Å²) in [6.45, 7) is 11.9. The molecule has 0 bridgehead atoms. The van der Waals surface area contributed by atoms with Gasteiger partial charge in [0.2, 0.25) is 5.91 Å². The predicted molar refractivity (Wildman–Crippen MR) is 144 cm³/mol. The minimum absolute atomic E-state index is 0.0552. The average Bonchev–Trinajstić information content (AvgIpc) is 3.56. The van der Waals surface area contributed by atoms with Crippen molar-refractivity contribution in [3.8, 4) is 11.5 Å². The van der Waals surface area contributed by atoms with Crippen LogP contribution in [-0.4, -0.2) is 62.8 Å². The van der Waals surface area contributed by atoms with E-state index >= 15 is 0 Å². The molecule has 200 valence electrons. The largest absolute Gasteiger partial charge is 0.486 e. The SMILES string of the molecule is CC(C)(C)c1ccc(N2CC[C@@H](C(=O)NC(Cc3cc(F)c4c(c3)OCCO4)CN3CCCC3)C2)cc1. The Labute approximate surface area is 220 Å². The molecule has 0 aliphatic carbocycles. The fourth-order valence-corrected chi connectivity index (χ4v) is 5.70. The number of likely N-dealkylation sites (tertiary alicyclic amines) is 1. The van der Waals surface area contributed by atoms with Gasteiger partial charge in [-0.25, -0.2) is 4.39 Å². The number of carbonyl (C=O) groups excluding carboxylic acids is 1. The van der Waals surface area contributed by atoms with E-state index < -0.39 is 5.82 Å². The number of amides is 1. The van der Waals surface area contributed by atoms with Gasteiger partial charge in [-0.1, -0.05) is 32.9 Å². The van der Waals surface area contributed by atoms with Crippen LogP contribution >= 0.6 is 0 Å². The van der Waals surface area contributed by atoms with E-state index in [1.807, 2.05) is 6.07 Å². The summed E-state index contributed by atoms with van der Waals surface area (Å²) in [6, 6.07) is 12.0. The van der Waals surface area contributed by atoms with Gasteiger partial charge in [0.25, 0.3) is 0 Å². The predicted octanol–water partition coefficient (Wildman–Crippen LogP) is 4.54. The van der Waals surface area contributed by atoms with Crippen molar-refractivity contribution in [2.24, 2.45) is 5.92 Å². The zero-order chi connectivity index (χ0) is 26.0. The number of halogens is 1. The standard InChI is InChI=1S/C30H40FN3O3/c1-30(2,3)23-6-8-25(9-7-23)34-13-10-22(19-34)29(35)32-24(20-33-11-4-5-12-33)16-21-17-26(31)28-27(18-21)36-14-15-37-28/h6-9,17-18,22,24H,4-5,10-16,19-20H2,1-3H3,(H,32,35)/t22-,24?/m1/s1. The van der Waals surface area contributed by atoms with Crippen molar-refractivity contribution in [3.05, 3.63) is 53.3 Å². The van der Waals surface area contributed by atoms with Gasteiger partial charge >= 0.3 is 0 Å². The van der Waals surface area contributed by atoms with Crippen LogP contribution in [0.1, 0.15) is 51.2 Å². The van der Waals surface area contributed by atoms with Crippen LogP contribution in [0.3, 0.4) is 0 Å². The number of hydrogen-bond donors (Lipinski definition) is 1. The molecule has 1 unspecified atom stereocenters. The Bertz CT molecular complexity index is 1090. The maximum absolute atomic E-state index is 14.7. The first-order chi connectivity index (χ1) is 17.8. The Morgan fingerprint density at radius 3 is 2.54 bits per heavy atom. The van der Waals surface area contributed by atoms with Gasteiger partial charge in [0.1, 0.15) is 13.2 Å². The molecule has 2 atom stereocenters. The lowest BCUT2D eigenvalue weighted by atomic mass is 9.87. The van der Waals surface area contributed by atoms with Crippen molar-refractivity contribution in [2.45, 2.75) is 57.9 Å². The van der Waals surface area contributed by atoms with E-state index in [1.54, 1.807) is 0 Å². The molecule has 1 amide bonds. The van der Waals surface area contributed by atoms with E-state index in [0.717, 1.165) is 44.7 Å². The van der Waals surface area contributed by atoms with Crippen LogP contribution in [0.2, 0.25) is 0 Å². The minimum Gasteiger partial charge on any atom is -0.486 e. The van der Waals surface area contributed by atoms with Gasteiger partial charge in [0.15, 0.2) is 17.3 Å². The van der Waals surface area contributed by atoms with Gasteiger partial charge in [-0.2, -0.15) is 0 Å². The number of benzene rings is 2. The molecule has 3 aliphatic heterocycles. The molecule has 3 heterocycles. The highest BCUT2D eigenvalue weighted by Gasteiger charge is 2.31. The number of nitrogens with zero attached hydrogens (tertiary/aromatic N) is 2.